The summed E-state index contributed by atoms with van der Waals surface area (Å²) in [6.45, 7) is 0. The number of nitrogens with zero attached hydrogens (tertiary/aromatic N) is 1. The van der Waals surface area contributed by atoms with Crippen molar-refractivity contribution in [3.8, 4) is 0 Å². The zero-order chi connectivity index (χ0) is 14.8. The molecule has 0 atom stereocenters. The molecule has 2 aromatic rings. The standard InChI is InChI=1S/C16H15ClN2O2/c17-10-4-3-5-11(8-10)19-15-13-7-2-1-6-12(13)14(9-18-15)16(20)21/h3-5,8-9H,1-2,6-7H2,(H,18,19)(H,20,21). The monoisotopic (exact) mass is 302 g/mol. The molecule has 0 amide bonds. The van der Waals surface area contributed by atoms with Gasteiger partial charge in [-0.15, -0.1) is 0 Å². The van der Waals surface area contributed by atoms with E-state index in [0.29, 0.717) is 10.6 Å². The normalized spacial score (nSPS) is 13.6. The highest BCUT2D eigenvalue weighted by Gasteiger charge is 2.21. The van der Waals surface area contributed by atoms with Crippen molar-refractivity contribution < 1.29 is 9.90 Å². The molecule has 2 N–H and O–H groups in total. The Morgan fingerprint density at radius 1 is 1.24 bits per heavy atom. The fourth-order valence-electron chi connectivity index (χ4n) is 2.74. The number of fused-ring (bicyclic) bond motifs is 1. The Hall–Kier alpha value is -2.07. The number of rotatable bonds is 3. The van der Waals surface area contributed by atoms with Gasteiger partial charge in [0.05, 0.1) is 5.56 Å². The van der Waals surface area contributed by atoms with Crippen molar-refractivity contribution in [3.05, 3.63) is 52.2 Å². The van der Waals surface area contributed by atoms with E-state index in [9.17, 15) is 9.90 Å². The highest BCUT2D eigenvalue weighted by Crippen LogP contribution is 2.31. The van der Waals surface area contributed by atoms with Crippen molar-refractivity contribution in [1.29, 1.82) is 0 Å². The molecule has 1 aliphatic carbocycles. The van der Waals surface area contributed by atoms with Crippen LogP contribution in [0.5, 0.6) is 0 Å². The van der Waals surface area contributed by atoms with E-state index in [4.69, 9.17) is 11.6 Å². The number of carboxylic acids is 1. The molecule has 0 spiro atoms. The smallest absolute Gasteiger partial charge is 0.337 e. The third-order valence-electron chi connectivity index (χ3n) is 3.72. The SMILES string of the molecule is O=C(O)c1cnc(Nc2cccc(Cl)c2)c2c1CCCC2. The van der Waals surface area contributed by atoms with Crippen LogP contribution in [-0.2, 0) is 12.8 Å². The summed E-state index contributed by atoms with van der Waals surface area (Å²) in [5, 5.41) is 13.2. The van der Waals surface area contributed by atoms with Crippen molar-refractivity contribution in [3.63, 3.8) is 0 Å². The highest BCUT2D eigenvalue weighted by atomic mass is 35.5. The van der Waals surface area contributed by atoms with Gasteiger partial charge < -0.3 is 10.4 Å². The largest absolute Gasteiger partial charge is 0.478 e. The molecule has 0 bridgehead atoms. The van der Waals surface area contributed by atoms with Crippen molar-refractivity contribution >= 4 is 29.1 Å². The molecule has 5 heteroatoms. The van der Waals surface area contributed by atoms with Gasteiger partial charge in [-0.25, -0.2) is 9.78 Å². The first-order chi connectivity index (χ1) is 10.1. The Balaban J connectivity index is 2.01. The molecule has 4 nitrogen and oxygen atoms in total. The first kappa shape index (κ1) is 13.9. The Morgan fingerprint density at radius 3 is 2.71 bits per heavy atom. The van der Waals surface area contributed by atoms with Crippen molar-refractivity contribution in [2.45, 2.75) is 25.7 Å². The van der Waals surface area contributed by atoms with E-state index >= 15 is 0 Å². The van der Waals surface area contributed by atoms with Crippen LogP contribution in [0.3, 0.4) is 0 Å². The number of hydrogen-bond acceptors (Lipinski definition) is 3. The molecule has 0 fully saturated rings. The first-order valence-corrected chi connectivity index (χ1v) is 7.29. The molecule has 1 heterocycles. The Kier molecular flexibility index (Phi) is 3.80. The van der Waals surface area contributed by atoms with E-state index in [0.717, 1.165) is 48.3 Å². The van der Waals surface area contributed by atoms with E-state index in [1.165, 1.54) is 6.20 Å². The third kappa shape index (κ3) is 2.85. The molecule has 0 aliphatic heterocycles. The highest BCUT2D eigenvalue weighted by molar-refractivity contribution is 6.30. The fraction of sp³-hybridized carbons (Fsp3) is 0.250. The number of carboxylic acid groups (broad SMARTS) is 1. The lowest BCUT2D eigenvalue weighted by Gasteiger charge is -2.21. The van der Waals surface area contributed by atoms with Gasteiger partial charge in [0, 0.05) is 16.9 Å². The Morgan fingerprint density at radius 2 is 2.00 bits per heavy atom. The predicted octanol–water partition coefficient (Wildman–Crippen LogP) is 4.06. The lowest BCUT2D eigenvalue weighted by molar-refractivity contribution is 0.0695. The number of aromatic nitrogens is 1. The second-order valence-electron chi connectivity index (χ2n) is 5.13. The number of anilines is 2. The quantitative estimate of drug-likeness (QED) is 0.897. The van der Waals surface area contributed by atoms with Crippen LogP contribution in [-0.4, -0.2) is 16.1 Å². The first-order valence-electron chi connectivity index (χ1n) is 6.92. The minimum atomic E-state index is -0.907. The van der Waals surface area contributed by atoms with E-state index in [1.54, 1.807) is 0 Å². The molecule has 21 heavy (non-hydrogen) atoms. The van der Waals surface area contributed by atoms with Gasteiger partial charge in [-0.3, -0.25) is 0 Å². The topological polar surface area (TPSA) is 62.2 Å². The molecule has 1 aromatic heterocycles. The summed E-state index contributed by atoms with van der Waals surface area (Å²) in [4.78, 5) is 15.6. The van der Waals surface area contributed by atoms with Gasteiger partial charge in [-0.2, -0.15) is 0 Å². The maximum absolute atomic E-state index is 11.3. The van der Waals surface area contributed by atoms with Gasteiger partial charge in [0.15, 0.2) is 0 Å². The maximum Gasteiger partial charge on any atom is 0.337 e. The lowest BCUT2D eigenvalue weighted by Crippen LogP contribution is -2.14. The van der Waals surface area contributed by atoms with Crippen molar-refractivity contribution in [1.82, 2.24) is 4.98 Å². The van der Waals surface area contributed by atoms with E-state index < -0.39 is 5.97 Å². The van der Waals surface area contributed by atoms with Gasteiger partial charge in [0.2, 0.25) is 0 Å². The minimum absolute atomic E-state index is 0.321. The number of carbonyl (C=O) groups is 1. The minimum Gasteiger partial charge on any atom is -0.478 e. The maximum atomic E-state index is 11.3. The lowest BCUT2D eigenvalue weighted by atomic mass is 9.89. The average Bonchev–Trinajstić information content (AvgIpc) is 2.47. The summed E-state index contributed by atoms with van der Waals surface area (Å²) in [6.07, 6.45) is 5.17. The van der Waals surface area contributed by atoms with Gasteiger partial charge in [0.25, 0.3) is 0 Å². The van der Waals surface area contributed by atoms with Crippen LogP contribution in [0, 0.1) is 0 Å². The number of pyridine rings is 1. The summed E-state index contributed by atoms with van der Waals surface area (Å²) >= 11 is 5.98. The third-order valence-corrected chi connectivity index (χ3v) is 3.95. The van der Waals surface area contributed by atoms with Crippen molar-refractivity contribution in [2.24, 2.45) is 0 Å². The number of aromatic carboxylic acids is 1. The molecule has 0 radical (unpaired) electrons. The van der Waals surface area contributed by atoms with Crippen LogP contribution >= 0.6 is 11.6 Å². The van der Waals surface area contributed by atoms with Crippen LogP contribution in [0.25, 0.3) is 0 Å². The second-order valence-corrected chi connectivity index (χ2v) is 5.56. The van der Waals surface area contributed by atoms with Crippen LogP contribution < -0.4 is 5.32 Å². The molecule has 108 valence electrons. The summed E-state index contributed by atoms with van der Waals surface area (Å²) in [5.41, 5.74) is 3.10. The molecule has 0 saturated carbocycles. The van der Waals surface area contributed by atoms with E-state index in [1.807, 2.05) is 24.3 Å². The molecule has 3 rings (SSSR count). The van der Waals surface area contributed by atoms with Crippen LogP contribution in [0.4, 0.5) is 11.5 Å². The molecule has 1 aliphatic rings. The van der Waals surface area contributed by atoms with E-state index in [-0.39, 0.29) is 0 Å². The number of hydrogen-bond donors (Lipinski definition) is 2. The van der Waals surface area contributed by atoms with E-state index in [2.05, 4.69) is 10.3 Å². The summed E-state index contributed by atoms with van der Waals surface area (Å²) in [7, 11) is 0. The summed E-state index contributed by atoms with van der Waals surface area (Å²) in [5.74, 6) is -0.174. The van der Waals surface area contributed by atoms with Gasteiger partial charge in [0.1, 0.15) is 5.82 Å². The number of halogens is 1. The van der Waals surface area contributed by atoms with Crippen molar-refractivity contribution in [2.75, 3.05) is 5.32 Å². The van der Waals surface area contributed by atoms with Crippen LogP contribution in [0.2, 0.25) is 5.02 Å². The Bertz CT molecular complexity index is 701. The predicted molar refractivity (Wildman–Crippen MR) is 82.6 cm³/mol. The Labute approximate surface area is 127 Å². The summed E-state index contributed by atoms with van der Waals surface area (Å²) < 4.78 is 0. The van der Waals surface area contributed by atoms with Gasteiger partial charge in [-0.05, 0) is 55.0 Å². The van der Waals surface area contributed by atoms with Crippen LogP contribution in [0.1, 0.15) is 34.3 Å². The fourth-order valence-corrected chi connectivity index (χ4v) is 2.93. The molecular weight excluding hydrogens is 288 g/mol. The number of benzene rings is 1. The zero-order valence-electron chi connectivity index (χ0n) is 11.4. The molecular formula is C16H15ClN2O2. The zero-order valence-corrected chi connectivity index (χ0v) is 12.2. The molecule has 1 aromatic carbocycles. The van der Waals surface area contributed by atoms with Gasteiger partial charge in [-0.1, -0.05) is 17.7 Å². The average molecular weight is 303 g/mol. The summed E-state index contributed by atoms with van der Waals surface area (Å²) in [6, 6.07) is 7.41. The number of nitrogens with one attached hydrogen (secondary N) is 1. The second kappa shape index (κ2) is 5.74. The van der Waals surface area contributed by atoms with Crippen LogP contribution in [0.15, 0.2) is 30.5 Å². The molecule has 0 saturated heterocycles. The molecule has 0 unspecified atom stereocenters. The van der Waals surface area contributed by atoms with Gasteiger partial charge >= 0.3 is 5.97 Å².